The lowest BCUT2D eigenvalue weighted by atomic mass is 9.89. The van der Waals surface area contributed by atoms with Gasteiger partial charge in [0.05, 0.1) is 24.5 Å². The highest BCUT2D eigenvalue weighted by atomic mass is 16.5. The Morgan fingerprint density at radius 3 is 2.60 bits per heavy atom. The van der Waals surface area contributed by atoms with Gasteiger partial charge in [0.25, 0.3) is 0 Å². The summed E-state index contributed by atoms with van der Waals surface area (Å²) in [6.45, 7) is 2.20. The molecule has 0 saturated heterocycles. The molecule has 0 bridgehead atoms. The van der Waals surface area contributed by atoms with Crippen molar-refractivity contribution >= 4 is 18.0 Å². The first kappa shape index (κ1) is 21.6. The monoisotopic (exact) mass is 408 g/mol. The Labute approximate surface area is 177 Å². The van der Waals surface area contributed by atoms with Crippen molar-refractivity contribution in [3.63, 3.8) is 0 Å². The zero-order valence-electron chi connectivity index (χ0n) is 17.5. The van der Waals surface area contributed by atoms with Crippen LogP contribution in [0.5, 0.6) is 0 Å². The van der Waals surface area contributed by atoms with Crippen LogP contribution in [0.2, 0.25) is 0 Å². The lowest BCUT2D eigenvalue weighted by Gasteiger charge is -2.21. The van der Waals surface area contributed by atoms with Crippen molar-refractivity contribution in [2.24, 2.45) is 13.0 Å². The fraction of sp³-hybridized carbons (Fsp3) is 0.375. The van der Waals surface area contributed by atoms with E-state index in [1.807, 2.05) is 61.2 Å². The first-order valence-electron chi connectivity index (χ1n) is 10.3. The minimum absolute atomic E-state index is 0.167. The number of aromatic nitrogens is 2. The average Bonchev–Trinajstić information content (AvgIpc) is 3.15. The number of hydrogen-bond donors (Lipinski definition) is 0. The topological polar surface area (TPSA) is 70.4 Å². The summed E-state index contributed by atoms with van der Waals surface area (Å²) in [5.74, 6) is -0.763. The minimum Gasteiger partial charge on any atom is -0.466 e. The maximum absolute atomic E-state index is 12.3. The molecule has 0 fully saturated rings. The first-order chi connectivity index (χ1) is 14.5. The summed E-state index contributed by atoms with van der Waals surface area (Å²) in [5.41, 5.74) is 2.89. The van der Waals surface area contributed by atoms with Crippen molar-refractivity contribution in [1.29, 1.82) is 0 Å². The van der Waals surface area contributed by atoms with Crippen LogP contribution in [0.15, 0.2) is 55.0 Å². The molecule has 1 aromatic carbocycles. The van der Waals surface area contributed by atoms with Gasteiger partial charge in [-0.1, -0.05) is 36.4 Å². The Hall–Kier alpha value is -3.15. The van der Waals surface area contributed by atoms with Crippen molar-refractivity contribution in [1.82, 2.24) is 9.55 Å². The van der Waals surface area contributed by atoms with Gasteiger partial charge in [0, 0.05) is 32.2 Å². The molecule has 1 heterocycles. The van der Waals surface area contributed by atoms with Gasteiger partial charge < -0.3 is 14.0 Å². The van der Waals surface area contributed by atoms with Crippen LogP contribution in [0.3, 0.4) is 0 Å². The van der Waals surface area contributed by atoms with E-state index in [1.165, 1.54) is 6.08 Å². The molecule has 2 atom stereocenters. The maximum Gasteiger partial charge on any atom is 0.331 e. The Balaban J connectivity index is 1.72. The third-order valence-electron chi connectivity index (χ3n) is 5.04. The number of nitrogens with zero attached hydrogens (tertiary/aromatic N) is 2. The average molecular weight is 408 g/mol. The number of aryl methyl sites for hydroxylation is 1. The number of rotatable bonds is 5. The Kier molecular flexibility index (Phi) is 7.60. The van der Waals surface area contributed by atoms with Gasteiger partial charge in [0.1, 0.15) is 6.10 Å². The molecule has 158 valence electrons. The van der Waals surface area contributed by atoms with E-state index in [-0.39, 0.29) is 18.0 Å². The van der Waals surface area contributed by atoms with Crippen molar-refractivity contribution in [3.05, 3.63) is 71.8 Å². The smallest absolute Gasteiger partial charge is 0.331 e. The van der Waals surface area contributed by atoms with Gasteiger partial charge in [-0.2, -0.15) is 0 Å². The standard InChI is InChI=1S/C24H28N2O4/c1-3-29-24(28)20-10-6-7-11-22(15-19-9-5-4-8-18(19)14-20)30-23(27)13-12-21-16-26(2)17-25-21/h4-9,12-13,16-17,20,22H,3,10-11,14-15H2,1-2H3/b7-6-,13-12+. The molecule has 0 N–H and O–H groups in total. The summed E-state index contributed by atoms with van der Waals surface area (Å²) < 4.78 is 12.8. The summed E-state index contributed by atoms with van der Waals surface area (Å²) in [7, 11) is 1.87. The molecule has 0 amide bonds. The number of carbonyl (C=O) groups excluding carboxylic acids is 2. The van der Waals surface area contributed by atoms with E-state index >= 15 is 0 Å². The van der Waals surface area contributed by atoms with Gasteiger partial charge in [-0.3, -0.25) is 4.79 Å². The summed E-state index contributed by atoms with van der Waals surface area (Å²) >= 11 is 0. The SMILES string of the molecule is CCOC(=O)C1C/C=C\CC(OC(=O)/C=C/c2cn(C)cn2)Cc2ccccc2C1. The highest BCUT2D eigenvalue weighted by molar-refractivity contribution is 5.86. The van der Waals surface area contributed by atoms with Crippen LogP contribution in [0.25, 0.3) is 6.08 Å². The van der Waals surface area contributed by atoms with E-state index in [0.717, 1.165) is 11.1 Å². The van der Waals surface area contributed by atoms with Gasteiger partial charge in [-0.05, 0) is 37.0 Å². The lowest BCUT2D eigenvalue weighted by Crippen LogP contribution is -2.23. The second-order valence-corrected chi connectivity index (χ2v) is 7.42. The second-order valence-electron chi connectivity index (χ2n) is 7.42. The van der Waals surface area contributed by atoms with Gasteiger partial charge in [0.15, 0.2) is 0 Å². The van der Waals surface area contributed by atoms with Crippen LogP contribution >= 0.6 is 0 Å². The van der Waals surface area contributed by atoms with E-state index in [4.69, 9.17) is 9.47 Å². The van der Waals surface area contributed by atoms with Crippen molar-refractivity contribution in [2.45, 2.75) is 38.7 Å². The molecular weight excluding hydrogens is 380 g/mol. The normalized spacial score (nSPS) is 20.3. The van der Waals surface area contributed by atoms with Crippen LogP contribution < -0.4 is 0 Å². The molecule has 0 saturated carbocycles. The molecule has 2 unspecified atom stereocenters. The second kappa shape index (κ2) is 10.6. The van der Waals surface area contributed by atoms with E-state index in [0.29, 0.717) is 38.0 Å². The summed E-state index contributed by atoms with van der Waals surface area (Å²) in [5, 5.41) is 0. The van der Waals surface area contributed by atoms with Crippen LogP contribution in [0, 0.1) is 5.92 Å². The van der Waals surface area contributed by atoms with Gasteiger partial charge in [-0.15, -0.1) is 0 Å². The summed E-state index contributed by atoms with van der Waals surface area (Å²) in [6.07, 6.45) is 12.7. The lowest BCUT2D eigenvalue weighted by molar-refractivity contribution is -0.147. The minimum atomic E-state index is -0.391. The molecule has 0 aliphatic heterocycles. The van der Waals surface area contributed by atoms with Crippen LogP contribution in [0.1, 0.15) is 36.6 Å². The predicted octanol–water partition coefficient (Wildman–Crippen LogP) is 3.66. The van der Waals surface area contributed by atoms with E-state index < -0.39 is 5.97 Å². The number of benzene rings is 1. The Bertz CT molecular complexity index is 929. The van der Waals surface area contributed by atoms with Gasteiger partial charge >= 0.3 is 11.9 Å². The maximum atomic E-state index is 12.3. The van der Waals surface area contributed by atoms with Crippen molar-refractivity contribution < 1.29 is 19.1 Å². The molecule has 0 radical (unpaired) electrons. The molecule has 6 heteroatoms. The molecule has 30 heavy (non-hydrogen) atoms. The molecule has 2 aromatic rings. The van der Waals surface area contributed by atoms with Gasteiger partial charge in [0.2, 0.25) is 0 Å². The highest BCUT2D eigenvalue weighted by Gasteiger charge is 2.23. The quantitative estimate of drug-likeness (QED) is 0.429. The Morgan fingerprint density at radius 2 is 1.90 bits per heavy atom. The molecule has 0 spiro atoms. The zero-order valence-corrected chi connectivity index (χ0v) is 17.5. The van der Waals surface area contributed by atoms with Crippen molar-refractivity contribution in [2.75, 3.05) is 6.61 Å². The molecule has 1 aromatic heterocycles. The molecule has 3 rings (SSSR count). The number of fused-ring (bicyclic) bond motifs is 1. The fourth-order valence-electron chi connectivity index (χ4n) is 3.55. The van der Waals surface area contributed by atoms with E-state index in [1.54, 1.807) is 12.4 Å². The number of hydrogen-bond acceptors (Lipinski definition) is 5. The largest absolute Gasteiger partial charge is 0.466 e. The number of carbonyl (C=O) groups is 2. The number of imidazole rings is 1. The van der Waals surface area contributed by atoms with Crippen LogP contribution in [-0.4, -0.2) is 34.2 Å². The third-order valence-corrected chi connectivity index (χ3v) is 5.04. The van der Waals surface area contributed by atoms with E-state index in [9.17, 15) is 9.59 Å². The molecule has 6 nitrogen and oxygen atoms in total. The van der Waals surface area contributed by atoms with Crippen LogP contribution in [0.4, 0.5) is 0 Å². The van der Waals surface area contributed by atoms with Crippen LogP contribution in [-0.2, 0) is 39.0 Å². The summed E-state index contributed by atoms with van der Waals surface area (Å²) in [6, 6.07) is 8.01. The molecule has 1 aliphatic carbocycles. The number of allylic oxidation sites excluding steroid dienone is 1. The predicted molar refractivity (Wildman–Crippen MR) is 114 cm³/mol. The summed E-state index contributed by atoms with van der Waals surface area (Å²) in [4.78, 5) is 28.8. The van der Waals surface area contributed by atoms with Gasteiger partial charge in [-0.25, -0.2) is 9.78 Å². The number of ether oxygens (including phenoxy) is 2. The van der Waals surface area contributed by atoms with Crippen molar-refractivity contribution in [3.8, 4) is 0 Å². The van der Waals surface area contributed by atoms with E-state index in [2.05, 4.69) is 4.98 Å². The Morgan fingerprint density at radius 1 is 1.17 bits per heavy atom. The highest BCUT2D eigenvalue weighted by Crippen LogP contribution is 2.23. The molecule has 1 aliphatic rings. The third kappa shape index (κ3) is 6.17. The number of esters is 2. The zero-order chi connectivity index (χ0) is 21.3. The molecular formula is C24H28N2O4. The fourth-order valence-corrected chi connectivity index (χ4v) is 3.55. The first-order valence-corrected chi connectivity index (χ1v) is 10.3.